The van der Waals surface area contributed by atoms with Crippen LogP contribution in [-0.4, -0.2) is 16.2 Å². The normalized spacial score (nSPS) is 10.3. The van der Waals surface area contributed by atoms with Gasteiger partial charge < -0.3 is 5.32 Å². The molecule has 1 aromatic heterocycles. The molecule has 0 saturated heterocycles. The number of rotatable bonds is 3. The van der Waals surface area contributed by atoms with Crippen molar-refractivity contribution < 1.29 is 0 Å². The lowest BCUT2D eigenvalue weighted by Crippen LogP contribution is -1.97. The van der Waals surface area contributed by atoms with E-state index in [1.807, 2.05) is 30.5 Å². The lowest BCUT2D eigenvalue weighted by molar-refractivity contribution is 0.975. The van der Waals surface area contributed by atoms with Crippen molar-refractivity contribution in [1.29, 1.82) is 0 Å². The fourth-order valence-corrected chi connectivity index (χ4v) is 2.60. The molecule has 0 saturated carbocycles. The number of hydrogen-bond acceptors (Lipinski definition) is 4. The zero-order valence-corrected chi connectivity index (χ0v) is 12.7. The van der Waals surface area contributed by atoms with Gasteiger partial charge in [0.05, 0.1) is 5.69 Å². The smallest absolute Gasteiger partial charge is 0.189 e. The van der Waals surface area contributed by atoms with Crippen LogP contribution in [0.1, 0.15) is 0 Å². The SMILES string of the molecule is CSc1nccc(Nc2ccc(Cl)cc2I)n1. The van der Waals surface area contributed by atoms with Crippen LogP contribution < -0.4 is 5.32 Å². The molecule has 17 heavy (non-hydrogen) atoms. The third-order valence-corrected chi connectivity index (χ3v) is 3.70. The molecule has 1 N–H and O–H groups in total. The summed E-state index contributed by atoms with van der Waals surface area (Å²) in [4.78, 5) is 8.48. The first kappa shape index (κ1) is 12.9. The fourth-order valence-electron chi connectivity index (χ4n) is 1.24. The molecule has 1 aromatic carbocycles. The largest absolute Gasteiger partial charge is 0.339 e. The summed E-state index contributed by atoms with van der Waals surface area (Å²) in [6.07, 6.45) is 3.69. The topological polar surface area (TPSA) is 37.8 Å². The summed E-state index contributed by atoms with van der Waals surface area (Å²) >= 11 is 9.66. The minimum absolute atomic E-state index is 0.729. The third-order valence-electron chi connectivity index (χ3n) is 2.01. The van der Waals surface area contributed by atoms with E-state index in [-0.39, 0.29) is 0 Å². The van der Waals surface area contributed by atoms with Gasteiger partial charge in [-0.05, 0) is 53.1 Å². The summed E-state index contributed by atoms with van der Waals surface area (Å²) in [7, 11) is 0. The third kappa shape index (κ3) is 3.46. The Balaban J connectivity index is 2.25. The van der Waals surface area contributed by atoms with Gasteiger partial charge in [-0.1, -0.05) is 23.4 Å². The van der Waals surface area contributed by atoms with Crippen molar-refractivity contribution in [2.24, 2.45) is 0 Å². The van der Waals surface area contributed by atoms with Crippen molar-refractivity contribution in [3.8, 4) is 0 Å². The predicted octanol–water partition coefficient (Wildman–Crippen LogP) is 4.20. The lowest BCUT2D eigenvalue weighted by Gasteiger charge is -2.08. The second kappa shape index (κ2) is 5.88. The maximum Gasteiger partial charge on any atom is 0.189 e. The maximum atomic E-state index is 5.91. The zero-order valence-electron chi connectivity index (χ0n) is 8.95. The highest BCUT2D eigenvalue weighted by molar-refractivity contribution is 14.1. The van der Waals surface area contributed by atoms with Crippen molar-refractivity contribution in [2.45, 2.75) is 5.16 Å². The standard InChI is InChI=1S/C11H9ClIN3S/c1-17-11-14-5-4-10(16-11)15-9-3-2-7(12)6-8(9)13/h2-6H,1H3,(H,14,15,16). The Kier molecular flexibility index (Phi) is 4.47. The Morgan fingerprint density at radius 3 is 2.88 bits per heavy atom. The first-order valence-electron chi connectivity index (χ1n) is 4.78. The molecule has 0 aliphatic carbocycles. The first-order chi connectivity index (χ1) is 8.19. The van der Waals surface area contributed by atoms with Crippen LogP contribution in [0.25, 0.3) is 0 Å². The Morgan fingerprint density at radius 1 is 1.35 bits per heavy atom. The van der Waals surface area contributed by atoms with Crippen molar-refractivity contribution >= 4 is 57.5 Å². The van der Waals surface area contributed by atoms with E-state index in [2.05, 4.69) is 37.9 Å². The first-order valence-corrected chi connectivity index (χ1v) is 7.46. The minimum atomic E-state index is 0.729. The van der Waals surface area contributed by atoms with E-state index in [1.54, 1.807) is 6.20 Å². The molecule has 2 aromatic rings. The van der Waals surface area contributed by atoms with Crippen molar-refractivity contribution in [1.82, 2.24) is 9.97 Å². The number of hydrogen-bond donors (Lipinski definition) is 1. The van der Waals surface area contributed by atoms with Crippen LogP contribution >= 0.6 is 46.0 Å². The average Bonchev–Trinajstić information content (AvgIpc) is 2.33. The molecule has 0 bridgehead atoms. The molecule has 0 amide bonds. The quantitative estimate of drug-likeness (QED) is 0.494. The fraction of sp³-hybridized carbons (Fsp3) is 0.0909. The van der Waals surface area contributed by atoms with Crippen molar-refractivity contribution in [2.75, 3.05) is 11.6 Å². The Labute approximate surface area is 123 Å². The summed E-state index contributed by atoms with van der Waals surface area (Å²) < 4.78 is 1.06. The molecule has 0 radical (unpaired) electrons. The van der Waals surface area contributed by atoms with Gasteiger partial charge in [-0.3, -0.25) is 0 Å². The molecule has 6 heteroatoms. The maximum absolute atomic E-state index is 5.91. The molecular weight excluding hydrogens is 369 g/mol. The van der Waals surface area contributed by atoms with E-state index in [0.717, 1.165) is 25.3 Å². The minimum Gasteiger partial charge on any atom is -0.339 e. The molecule has 88 valence electrons. The summed E-state index contributed by atoms with van der Waals surface area (Å²) in [5.41, 5.74) is 0.987. The van der Waals surface area contributed by atoms with Gasteiger partial charge in [0.15, 0.2) is 5.16 Å². The number of nitrogens with zero attached hydrogens (tertiary/aromatic N) is 2. The van der Waals surface area contributed by atoms with E-state index in [4.69, 9.17) is 11.6 Å². The number of halogens is 2. The van der Waals surface area contributed by atoms with E-state index in [9.17, 15) is 0 Å². The Morgan fingerprint density at radius 2 is 2.18 bits per heavy atom. The number of nitrogens with one attached hydrogen (secondary N) is 1. The molecule has 0 aliphatic heterocycles. The highest BCUT2D eigenvalue weighted by Crippen LogP contribution is 2.25. The number of thioether (sulfide) groups is 1. The van der Waals surface area contributed by atoms with Crippen LogP contribution in [0.15, 0.2) is 35.6 Å². The molecular formula is C11H9ClIN3S. The lowest BCUT2D eigenvalue weighted by atomic mass is 10.3. The average molecular weight is 378 g/mol. The van der Waals surface area contributed by atoms with Crippen LogP contribution in [0.3, 0.4) is 0 Å². The van der Waals surface area contributed by atoms with Crippen molar-refractivity contribution in [3.05, 3.63) is 39.1 Å². The molecule has 0 fully saturated rings. The number of aromatic nitrogens is 2. The van der Waals surface area contributed by atoms with Gasteiger partial charge in [-0.2, -0.15) is 0 Å². The summed E-state index contributed by atoms with van der Waals surface area (Å²) in [6.45, 7) is 0. The molecule has 0 atom stereocenters. The van der Waals surface area contributed by atoms with Gasteiger partial charge in [0.1, 0.15) is 5.82 Å². The number of benzene rings is 1. The van der Waals surface area contributed by atoms with Crippen LogP contribution in [0.5, 0.6) is 0 Å². The van der Waals surface area contributed by atoms with Gasteiger partial charge in [-0.25, -0.2) is 9.97 Å². The molecule has 2 rings (SSSR count). The second-order valence-electron chi connectivity index (χ2n) is 3.18. The molecule has 0 unspecified atom stereocenters. The summed E-state index contributed by atoms with van der Waals surface area (Å²) in [5.74, 6) is 0.782. The van der Waals surface area contributed by atoms with Crippen LogP contribution in [0.2, 0.25) is 5.02 Å². The molecule has 0 aliphatic rings. The molecule has 0 spiro atoms. The molecule has 1 heterocycles. The van der Waals surface area contributed by atoms with E-state index in [0.29, 0.717) is 0 Å². The second-order valence-corrected chi connectivity index (χ2v) is 5.55. The van der Waals surface area contributed by atoms with Gasteiger partial charge in [-0.15, -0.1) is 0 Å². The monoisotopic (exact) mass is 377 g/mol. The highest BCUT2D eigenvalue weighted by atomic mass is 127. The Hall–Kier alpha value is -0.530. The van der Waals surface area contributed by atoms with Gasteiger partial charge >= 0.3 is 0 Å². The Bertz CT molecular complexity index is 536. The van der Waals surface area contributed by atoms with E-state index < -0.39 is 0 Å². The van der Waals surface area contributed by atoms with E-state index >= 15 is 0 Å². The van der Waals surface area contributed by atoms with Gasteiger partial charge in [0.2, 0.25) is 0 Å². The van der Waals surface area contributed by atoms with Crippen molar-refractivity contribution in [3.63, 3.8) is 0 Å². The highest BCUT2D eigenvalue weighted by Gasteiger charge is 2.03. The predicted molar refractivity (Wildman–Crippen MR) is 81.3 cm³/mol. The van der Waals surface area contributed by atoms with Crippen LogP contribution in [0.4, 0.5) is 11.5 Å². The number of anilines is 2. The zero-order chi connectivity index (χ0) is 12.3. The van der Waals surface area contributed by atoms with Gasteiger partial charge in [0, 0.05) is 14.8 Å². The molecule has 3 nitrogen and oxygen atoms in total. The summed E-state index contributed by atoms with van der Waals surface area (Å²) in [5, 5.41) is 4.72. The van der Waals surface area contributed by atoms with Crippen LogP contribution in [-0.2, 0) is 0 Å². The van der Waals surface area contributed by atoms with Gasteiger partial charge in [0.25, 0.3) is 0 Å². The summed E-state index contributed by atoms with van der Waals surface area (Å²) in [6, 6.07) is 7.53. The van der Waals surface area contributed by atoms with Crippen LogP contribution in [0, 0.1) is 3.57 Å². The van der Waals surface area contributed by atoms with E-state index in [1.165, 1.54) is 11.8 Å².